The summed E-state index contributed by atoms with van der Waals surface area (Å²) in [6.07, 6.45) is 6.42. The van der Waals surface area contributed by atoms with Crippen molar-refractivity contribution in [2.45, 2.75) is 32.2 Å². The van der Waals surface area contributed by atoms with Crippen LogP contribution in [0.2, 0.25) is 0 Å². The van der Waals surface area contributed by atoms with Crippen molar-refractivity contribution >= 4 is 11.9 Å². The van der Waals surface area contributed by atoms with Crippen molar-refractivity contribution in [3.8, 4) is 5.75 Å². The number of hydrogen-bond acceptors (Lipinski definition) is 6. The van der Waals surface area contributed by atoms with Crippen LogP contribution in [0.4, 0.5) is 0 Å². The molecule has 2 saturated heterocycles. The number of fused-ring (bicyclic) bond motifs is 8. The summed E-state index contributed by atoms with van der Waals surface area (Å²) in [5.74, 6) is 0.517. The van der Waals surface area contributed by atoms with Gasteiger partial charge in [0.05, 0.1) is 30.3 Å². The van der Waals surface area contributed by atoms with E-state index in [4.69, 9.17) is 18.9 Å². The molecule has 5 aliphatic rings. The highest BCUT2D eigenvalue weighted by molar-refractivity contribution is 5.92. The summed E-state index contributed by atoms with van der Waals surface area (Å²) in [6, 6.07) is 5.87. The zero-order valence-electron chi connectivity index (χ0n) is 16.3. The molecule has 0 N–H and O–H groups in total. The van der Waals surface area contributed by atoms with Crippen LogP contribution in [0.25, 0.3) is 0 Å². The lowest BCUT2D eigenvalue weighted by molar-refractivity contribution is -0.161. The zero-order chi connectivity index (χ0) is 19.9. The number of carbonyl (C=O) groups is 2. The van der Waals surface area contributed by atoms with Gasteiger partial charge in [-0.15, -0.1) is 0 Å². The second-order valence-electron chi connectivity index (χ2n) is 8.85. The van der Waals surface area contributed by atoms with E-state index < -0.39 is 11.7 Å². The molecule has 2 bridgehead atoms. The minimum absolute atomic E-state index is 0.0176. The molecule has 2 aliphatic heterocycles. The van der Waals surface area contributed by atoms with Crippen LogP contribution in [-0.4, -0.2) is 25.3 Å². The number of ether oxygens (including phenoxy) is 4. The summed E-state index contributed by atoms with van der Waals surface area (Å²) < 4.78 is 22.7. The summed E-state index contributed by atoms with van der Waals surface area (Å²) in [6.45, 7) is 1.98. The number of rotatable bonds is 3. The number of esters is 2. The van der Waals surface area contributed by atoms with Gasteiger partial charge in [0.2, 0.25) is 6.29 Å². The number of carbonyl (C=O) groups excluding carboxylic acids is 2. The fourth-order valence-corrected chi connectivity index (χ4v) is 6.16. The van der Waals surface area contributed by atoms with Crippen LogP contribution < -0.4 is 4.74 Å². The Balaban J connectivity index is 1.28. The fraction of sp³-hybridized carbons (Fsp3) is 0.478. The lowest BCUT2D eigenvalue weighted by atomic mass is 9.71. The van der Waals surface area contributed by atoms with E-state index in [9.17, 15) is 9.59 Å². The molecule has 3 aliphatic carbocycles. The molecular weight excluding hydrogens is 372 g/mol. The molecule has 2 heterocycles. The third kappa shape index (κ3) is 2.07. The van der Waals surface area contributed by atoms with Crippen molar-refractivity contribution in [1.29, 1.82) is 0 Å². The van der Waals surface area contributed by atoms with E-state index in [1.807, 2.05) is 25.1 Å². The fourth-order valence-electron chi connectivity index (χ4n) is 6.16. The molecule has 6 nitrogen and oxygen atoms in total. The molecule has 150 valence electrons. The average molecular weight is 394 g/mol. The Hall–Kier alpha value is -2.76. The second kappa shape index (κ2) is 5.65. The molecule has 1 aromatic carbocycles. The first kappa shape index (κ1) is 17.1. The van der Waals surface area contributed by atoms with Crippen molar-refractivity contribution < 1.29 is 28.5 Å². The third-order valence-electron chi connectivity index (χ3n) is 7.66. The van der Waals surface area contributed by atoms with Crippen LogP contribution in [0.1, 0.15) is 30.6 Å². The smallest absolute Gasteiger partial charge is 0.338 e. The predicted molar refractivity (Wildman–Crippen MR) is 100 cm³/mol. The molecule has 1 saturated carbocycles. The number of methoxy groups -OCH3 is 1. The molecule has 1 aromatic rings. The molecule has 7 atom stereocenters. The van der Waals surface area contributed by atoms with Crippen LogP contribution in [0.15, 0.2) is 42.2 Å². The lowest BCUT2D eigenvalue weighted by Crippen LogP contribution is -2.35. The maximum atomic E-state index is 12.6. The topological polar surface area (TPSA) is 71.1 Å². The van der Waals surface area contributed by atoms with E-state index in [-0.39, 0.29) is 41.7 Å². The van der Waals surface area contributed by atoms with Crippen molar-refractivity contribution in [2.75, 3.05) is 7.11 Å². The van der Waals surface area contributed by atoms with Crippen LogP contribution in [0.5, 0.6) is 5.75 Å². The number of hydrogen-bond donors (Lipinski definition) is 0. The molecule has 0 spiro atoms. The molecule has 0 amide bonds. The first-order chi connectivity index (χ1) is 14.0. The number of cyclic esters (lactones) is 1. The largest absolute Gasteiger partial charge is 0.496 e. The lowest BCUT2D eigenvalue weighted by Gasteiger charge is -2.28. The average Bonchev–Trinajstić information content (AvgIpc) is 3.47. The second-order valence-corrected chi connectivity index (χ2v) is 8.85. The Morgan fingerprint density at radius 3 is 2.90 bits per heavy atom. The van der Waals surface area contributed by atoms with Gasteiger partial charge in [-0.1, -0.05) is 24.3 Å². The van der Waals surface area contributed by atoms with Crippen LogP contribution in [-0.2, 0) is 30.2 Å². The summed E-state index contributed by atoms with van der Waals surface area (Å²) in [5, 5.41) is 0. The van der Waals surface area contributed by atoms with Crippen LogP contribution in [0, 0.1) is 29.1 Å². The van der Waals surface area contributed by atoms with Gasteiger partial charge in [-0.2, -0.15) is 0 Å². The predicted octanol–water partition coefficient (Wildman–Crippen LogP) is 3.08. The monoisotopic (exact) mass is 394 g/mol. The van der Waals surface area contributed by atoms with Gasteiger partial charge >= 0.3 is 11.9 Å². The highest BCUT2D eigenvalue weighted by Crippen LogP contribution is 2.61. The number of allylic oxidation sites excluding steroid dienone is 2. The molecule has 3 fully saturated rings. The van der Waals surface area contributed by atoms with Gasteiger partial charge in [0.15, 0.2) is 0 Å². The summed E-state index contributed by atoms with van der Waals surface area (Å²) >= 11 is 0. The van der Waals surface area contributed by atoms with E-state index in [2.05, 4.69) is 12.2 Å². The standard InChI is InChI=1S/C23H22O6/c1-23-13-7-6-12(8-13)18(23)21(29-22(23)25)27-10-15-14-9-11-4-3-5-16(26-2)17(11)19(14)28-20(15)24/h3-7,10,12-14,18-19,21H,8-9H2,1-2H3/b15-10+/t12-,13+,14?,18?,19?,21?,23+/m1/s1. The summed E-state index contributed by atoms with van der Waals surface area (Å²) in [5.41, 5.74) is 2.03. The molecular formula is C23H22O6. The zero-order valence-corrected chi connectivity index (χ0v) is 16.3. The van der Waals surface area contributed by atoms with Crippen molar-refractivity contribution in [1.82, 2.24) is 0 Å². The van der Waals surface area contributed by atoms with E-state index in [1.165, 1.54) is 6.26 Å². The van der Waals surface area contributed by atoms with Crippen LogP contribution >= 0.6 is 0 Å². The van der Waals surface area contributed by atoms with Crippen LogP contribution in [0.3, 0.4) is 0 Å². The SMILES string of the molecule is COc1cccc2c1C1OC(=O)/C(=C/OC3OC(=O)[C@]4(C)C3[C@@H]3C=C[C@H]4C3)C1C2. The van der Waals surface area contributed by atoms with Gasteiger partial charge in [-0.25, -0.2) is 4.79 Å². The maximum absolute atomic E-state index is 12.6. The van der Waals surface area contributed by atoms with E-state index >= 15 is 0 Å². The first-order valence-electron chi connectivity index (χ1n) is 10.1. The third-order valence-corrected chi connectivity index (χ3v) is 7.66. The van der Waals surface area contributed by atoms with E-state index in [0.717, 1.165) is 23.3 Å². The minimum Gasteiger partial charge on any atom is -0.496 e. The molecule has 0 aromatic heterocycles. The van der Waals surface area contributed by atoms with Gasteiger partial charge in [-0.05, 0) is 43.2 Å². The summed E-state index contributed by atoms with van der Waals surface area (Å²) in [4.78, 5) is 25.1. The molecule has 6 rings (SSSR count). The highest BCUT2D eigenvalue weighted by atomic mass is 16.7. The molecule has 0 radical (unpaired) electrons. The minimum atomic E-state index is -0.662. The summed E-state index contributed by atoms with van der Waals surface area (Å²) in [7, 11) is 1.62. The Morgan fingerprint density at radius 2 is 2.07 bits per heavy atom. The maximum Gasteiger partial charge on any atom is 0.338 e. The van der Waals surface area contributed by atoms with Gasteiger partial charge in [0.1, 0.15) is 11.9 Å². The molecule has 29 heavy (non-hydrogen) atoms. The van der Waals surface area contributed by atoms with Gasteiger partial charge in [-0.3, -0.25) is 4.79 Å². The Labute approximate surface area is 168 Å². The van der Waals surface area contributed by atoms with Crippen molar-refractivity contribution in [2.24, 2.45) is 29.1 Å². The van der Waals surface area contributed by atoms with E-state index in [1.54, 1.807) is 7.11 Å². The molecule has 4 unspecified atom stereocenters. The highest BCUT2D eigenvalue weighted by Gasteiger charge is 2.67. The first-order valence-corrected chi connectivity index (χ1v) is 10.1. The Bertz CT molecular complexity index is 993. The normalized spacial score (nSPS) is 41.9. The van der Waals surface area contributed by atoms with Crippen molar-refractivity contribution in [3.63, 3.8) is 0 Å². The van der Waals surface area contributed by atoms with E-state index in [0.29, 0.717) is 12.0 Å². The number of benzene rings is 1. The van der Waals surface area contributed by atoms with Crippen molar-refractivity contribution in [3.05, 3.63) is 53.3 Å². The quantitative estimate of drug-likeness (QED) is 0.340. The Morgan fingerprint density at radius 1 is 1.21 bits per heavy atom. The van der Waals surface area contributed by atoms with Gasteiger partial charge in [0.25, 0.3) is 0 Å². The van der Waals surface area contributed by atoms with Gasteiger partial charge in [0, 0.05) is 11.5 Å². The Kier molecular flexibility index (Phi) is 3.34. The van der Waals surface area contributed by atoms with Gasteiger partial charge < -0.3 is 18.9 Å². The molecule has 6 heteroatoms.